The van der Waals surface area contributed by atoms with E-state index in [1.165, 1.54) is 6.26 Å². The molecule has 12 rings (SSSR count). The molecule has 4 N–H and O–H groups in total. The van der Waals surface area contributed by atoms with Crippen molar-refractivity contribution >= 4 is 92.0 Å². The fourth-order valence-electron chi connectivity index (χ4n) is 14.7. The molecule has 95 heavy (non-hydrogen) atoms. The molecule has 25 heteroatoms. The van der Waals surface area contributed by atoms with E-state index in [4.69, 9.17) is 56.0 Å². The number of anilines is 2. The Morgan fingerprint density at radius 1 is 0.558 bits per heavy atom. The number of likely N-dealkylation sites (tertiary alicyclic amines) is 4. The van der Waals surface area contributed by atoms with Gasteiger partial charge >= 0.3 is 11.9 Å². The van der Waals surface area contributed by atoms with Gasteiger partial charge in [0.15, 0.2) is 5.69 Å². The van der Waals surface area contributed by atoms with Gasteiger partial charge in [-0.15, -0.1) is 0 Å². The molecular weight excluding hydrogens is 1260 g/mol. The molecule has 8 atom stereocenters. The van der Waals surface area contributed by atoms with Crippen LogP contribution < -0.4 is 10.6 Å². The van der Waals surface area contributed by atoms with Crippen LogP contribution in [0.15, 0.2) is 95.6 Å². The Labute approximate surface area is 562 Å². The summed E-state index contributed by atoms with van der Waals surface area (Å²) in [5.74, 6) is -2.86. The van der Waals surface area contributed by atoms with Crippen molar-refractivity contribution < 1.29 is 71.8 Å². The van der Waals surface area contributed by atoms with Crippen molar-refractivity contribution in [3.8, 4) is 0 Å². The number of amides is 4. The van der Waals surface area contributed by atoms with Gasteiger partial charge in [-0.1, -0.05) is 71.7 Å². The number of halogens is 2. The smallest absolute Gasteiger partial charge is 0.306 e. The van der Waals surface area contributed by atoms with Crippen LogP contribution in [0.25, 0.3) is 21.9 Å². The lowest BCUT2D eigenvalue weighted by Crippen LogP contribution is -2.41. The van der Waals surface area contributed by atoms with Gasteiger partial charge in [0, 0.05) is 97.6 Å². The second kappa shape index (κ2) is 31.4. The second-order valence-corrected chi connectivity index (χ2v) is 26.8. The van der Waals surface area contributed by atoms with Crippen molar-refractivity contribution in [3.05, 3.63) is 124 Å². The fraction of sp³-hybridized carbons (Fsp3) is 0.529. The maximum atomic E-state index is 13.9. The first-order valence-electron chi connectivity index (χ1n) is 32.8. The molecule has 4 amide bonds. The van der Waals surface area contributed by atoms with Crippen LogP contribution in [0.4, 0.5) is 11.4 Å². The standard InChI is InChI=1S/C35H44ClN5O7.C35H42ClN3O8/c1-39-29-7-5-4-6-26(29)33(38-39)34(43)37-28-13-8-21(14-27(28)36)15-32(42)41-17-23(40-18-30(46-2)31(19-40)47-3)16-24(41)20-48-25-11-9-22(10-12-25)35(44)45;1-44-31-17-38(18-32(31)45-2)23-15-24(19-46-25-10-8-22(9-11-25)35(42)43)39(16-23)33(40)14-21-7-12-29(28(36)13-21)37-34(41)27-20-47-30-6-4-3-5-26(27)30/h4-8,13-14,22-25,30-31H,9-12,15-20H2,1-3H3,(H,37,43)(H,44,45);3-7,12-13,20,22-25,31-32H,8-11,14-19H2,1-2H3,(H,37,41)(H,42,43)/t22?,23-,24-,25?,30-,31?;22?,23-,24-,25?,31-,32?/m00/s1. The third-order valence-corrected chi connectivity index (χ3v) is 20.8. The quantitative estimate of drug-likeness (QED) is 0.0494. The molecular formula is C70H86Cl2N8O15. The summed E-state index contributed by atoms with van der Waals surface area (Å²) in [6.07, 6.45) is 8.35. The molecule has 6 fully saturated rings. The number of carbonyl (C=O) groups is 6. The summed E-state index contributed by atoms with van der Waals surface area (Å²) in [4.78, 5) is 85.2. The largest absolute Gasteiger partial charge is 0.481 e. The summed E-state index contributed by atoms with van der Waals surface area (Å²) < 4.78 is 42.5. The SMILES string of the molecule is COC1CN([C@H]2C[C@@H](COC3CCC(C(=O)O)CC3)N(C(=O)Cc3ccc(NC(=O)c4coc5ccccc45)c(Cl)c3)C2)C[C@@H]1OC.COC1CN([C@H]2C[C@@H](COC3CCC(C(=O)O)CC3)N(C(=O)Cc3ccc(NC(=O)c4nn(C)c5ccccc45)c(Cl)c3)C2)C[C@@H]1OC. The average molecular weight is 1350 g/mol. The fourth-order valence-corrected chi connectivity index (χ4v) is 15.2. The summed E-state index contributed by atoms with van der Waals surface area (Å²) in [6, 6.07) is 25.3. The van der Waals surface area contributed by atoms with Gasteiger partial charge < -0.3 is 63.5 Å². The van der Waals surface area contributed by atoms with Crippen molar-refractivity contribution in [2.45, 2.75) is 138 Å². The number of aliphatic carboxylic acids is 2. The Morgan fingerprint density at radius 2 is 0.989 bits per heavy atom. The van der Waals surface area contributed by atoms with Crippen molar-refractivity contribution in [1.29, 1.82) is 0 Å². The van der Waals surface area contributed by atoms with Crippen LogP contribution in [0, 0.1) is 11.8 Å². The molecule has 2 unspecified atom stereocenters. The highest BCUT2D eigenvalue weighted by molar-refractivity contribution is 6.34. The zero-order valence-electron chi connectivity index (χ0n) is 54.4. The van der Waals surface area contributed by atoms with Crippen LogP contribution >= 0.6 is 23.2 Å². The molecule has 510 valence electrons. The number of hydrogen-bond acceptors (Lipinski definition) is 16. The topological polar surface area (TPSA) is 266 Å². The number of carbonyl (C=O) groups excluding carboxylic acids is 4. The maximum Gasteiger partial charge on any atom is 0.306 e. The van der Waals surface area contributed by atoms with Gasteiger partial charge in [0.2, 0.25) is 11.8 Å². The number of benzene rings is 4. The number of methoxy groups -OCH3 is 4. The molecule has 2 saturated carbocycles. The van der Waals surface area contributed by atoms with Gasteiger partial charge in [0.1, 0.15) is 11.8 Å². The molecule has 0 spiro atoms. The van der Waals surface area contributed by atoms with Gasteiger partial charge in [0.05, 0.1) is 119 Å². The number of fused-ring (bicyclic) bond motifs is 2. The Bertz CT molecular complexity index is 3680. The van der Waals surface area contributed by atoms with Crippen LogP contribution in [0.1, 0.15) is 96.2 Å². The Hall–Kier alpha value is -7.03. The molecule has 2 aliphatic carbocycles. The zero-order valence-corrected chi connectivity index (χ0v) is 55.9. The summed E-state index contributed by atoms with van der Waals surface area (Å²) in [7, 11) is 8.58. The summed E-state index contributed by atoms with van der Waals surface area (Å²) in [5, 5.41) is 31.0. The minimum absolute atomic E-state index is 0.00858. The van der Waals surface area contributed by atoms with E-state index in [1.807, 2.05) is 58.3 Å². The van der Waals surface area contributed by atoms with Crippen LogP contribution in [0.5, 0.6) is 0 Å². The van der Waals surface area contributed by atoms with Crippen molar-refractivity contribution in [2.24, 2.45) is 18.9 Å². The van der Waals surface area contributed by atoms with Gasteiger partial charge in [-0.25, -0.2) is 0 Å². The minimum Gasteiger partial charge on any atom is -0.481 e. The molecule has 6 aliphatic rings. The number of aromatic nitrogens is 2. The number of carboxylic acids is 2. The monoisotopic (exact) mass is 1350 g/mol. The number of para-hydroxylation sites is 2. The van der Waals surface area contributed by atoms with E-state index in [1.54, 1.807) is 76.6 Å². The van der Waals surface area contributed by atoms with E-state index >= 15 is 0 Å². The molecule has 4 saturated heterocycles. The summed E-state index contributed by atoms with van der Waals surface area (Å²) in [5.41, 5.74) is 4.55. The zero-order chi connectivity index (χ0) is 67.0. The first kappa shape index (κ1) is 69.3. The molecule has 0 radical (unpaired) electrons. The lowest BCUT2D eigenvalue weighted by Gasteiger charge is -2.30. The number of nitrogens with one attached hydrogen (secondary N) is 2. The van der Waals surface area contributed by atoms with Gasteiger partial charge in [-0.3, -0.25) is 43.2 Å². The molecule has 6 heterocycles. The van der Waals surface area contributed by atoms with E-state index in [2.05, 4.69) is 25.5 Å². The highest BCUT2D eigenvalue weighted by Crippen LogP contribution is 2.35. The molecule has 0 bridgehead atoms. The Balaban J connectivity index is 0.000000193. The average Bonchev–Trinajstić information content (AvgIpc) is 1.71. The second-order valence-electron chi connectivity index (χ2n) is 26.0. The number of rotatable bonds is 22. The van der Waals surface area contributed by atoms with Crippen LogP contribution in [-0.2, 0) is 67.5 Å². The van der Waals surface area contributed by atoms with Gasteiger partial charge in [0.25, 0.3) is 11.8 Å². The van der Waals surface area contributed by atoms with Gasteiger partial charge in [-0.2, -0.15) is 5.10 Å². The predicted molar refractivity (Wildman–Crippen MR) is 356 cm³/mol. The molecule has 6 aromatic rings. The highest BCUT2D eigenvalue weighted by Gasteiger charge is 2.46. The lowest BCUT2D eigenvalue weighted by atomic mass is 9.87. The Morgan fingerprint density at radius 3 is 1.43 bits per heavy atom. The van der Waals surface area contributed by atoms with Crippen molar-refractivity contribution in [1.82, 2.24) is 29.4 Å². The van der Waals surface area contributed by atoms with Gasteiger partial charge in [-0.05, 0) is 112 Å². The maximum absolute atomic E-state index is 13.9. The number of carboxylic acid groups (broad SMARTS) is 2. The number of nitrogens with zero attached hydrogens (tertiary/aromatic N) is 6. The normalized spacial score (nSPS) is 26.4. The van der Waals surface area contributed by atoms with Crippen LogP contribution in [-0.4, -0.2) is 217 Å². The van der Waals surface area contributed by atoms with E-state index in [9.17, 15) is 39.0 Å². The van der Waals surface area contributed by atoms with Crippen LogP contribution in [0.2, 0.25) is 10.0 Å². The molecule has 4 aromatic carbocycles. The van der Waals surface area contributed by atoms with E-state index in [-0.39, 0.29) is 109 Å². The van der Waals surface area contributed by atoms with E-state index < -0.39 is 11.9 Å². The number of hydrogen-bond donors (Lipinski definition) is 4. The lowest BCUT2D eigenvalue weighted by molar-refractivity contribution is -0.145. The minimum atomic E-state index is -0.740. The van der Waals surface area contributed by atoms with Crippen molar-refractivity contribution in [2.75, 3.05) is 91.6 Å². The molecule has 4 aliphatic heterocycles. The first-order chi connectivity index (χ1) is 45.9. The Kier molecular flexibility index (Phi) is 22.9. The molecule has 23 nitrogen and oxygen atoms in total. The highest BCUT2D eigenvalue weighted by atomic mass is 35.5. The number of aryl methyl sites for hydroxylation is 1. The summed E-state index contributed by atoms with van der Waals surface area (Å²) in [6.45, 7) is 4.83. The van der Waals surface area contributed by atoms with E-state index in [0.717, 1.165) is 61.1 Å². The van der Waals surface area contributed by atoms with Crippen molar-refractivity contribution in [3.63, 3.8) is 0 Å². The molecule has 2 aromatic heterocycles. The number of furan rings is 1. The number of ether oxygens (including phenoxy) is 6. The first-order valence-corrected chi connectivity index (χ1v) is 33.6. The predicted octanol–water partition coefficient (Wildman–Crippen LogP) is 8.85. The third-order valence-electron chi connectivity index (χ3n) is 20.2. The van der Waals surface area contributed by atoms with E-state index in [0.29, 0.717) is 121 Å². The third kappa shape index (κ3) is 16.4. The summed E-state index contributed by atoms with van der Waals surface area (Å²) >= 11 is 13.2. The van der Waals surface area contributed by atoms with Crippen LogP contribution in [0.3, 0.4) is 0 Å².